The van der Waals surface area contributed by atoms with Crippen molar-refractivity contribution < 1.29 is 29.0 Å². The molecule has 50 heavy (non-hydrogen) atoms. The van der Waals surface area contributed by atoms with Gasteiger partial charge in [0.15, 0.2) is 12.3 Å². The van der Waals surface area contributed by atoms with Gasteiger partial charge in [0.1, 0.15) is 11.5 Å². The molecule has 2 N–H and O–H groups in total. The van der Waals surface area contributed by atoms with Gasteiger partial charge in [0.05, 0.1) is 31.0 Å². The van der Waals surface area contributed by atoms with Crippen LogP contribution in [0.4, 0.5) is 5.69 Å². The number of amides is 3. The summed E-state index contributed by atoms with van der Waals surface area (Å²) < 4.78 is 12.5. The Labute approximate surface area is 293 Å². The molecule has 0 fully saturated rings. The summed E-state index contributed by atoms with van der Waals surface area (Å²) in [7, 11) is 1.55. The van der Waals surface area contributed by atoms with E-state index in [9.17, 15) is 19.5 Å². The molecule has 1 aromatic heterocycles. The SMILES string of the molecule is CCCCN(CCCC)C(=O)c1cc(C)n(-c2ccc(NC(=O)COc3cccc(OC)c3)cc2C(=O)N2Cc3ccccc3C[C@H]2CO)n1. The second-order valence-electron chi connectivity index (χ2n) is 12.6. The number of hydrogen-bond donors (Lipinski definition) is 2. The van der Waals surface area contributed by atoms with Crippen LogP contribution in [0.1, 0.15) is 77.2 Å². The number of ether oxygens (including phenoxy) is 2. The molecule has 11 nitrogen and oxygen atoms in total. The lowest BCUT2D eigenvalue weighted by Crippen LogP contribution is -2.46. The highest BCUT2D eigenvalue weighted by Gasteiger charge is 2.32. The van der Waals surface area contributed by atoms with Gasteiger partial charge in [-0.15, -0.1) is 0 Å². The van der Waals surface area contributed by atoms with E-state index in [1.165, 1.54) is 0 Å². The number of carbonyl (C=O) groups excluding carboxylic acids is 3. The molecule has 3 aromatic carbocycles. The molecule has 1 aliphatic rings. The normalized spacial score (nSPS) is 13.8. The molecule has 11 heteroatoms. The molecule has 1 atom stereocenters. The van der Waals surface area contributed by atoms with Crippen molar-refractivity contribution in [1.29, 1.82) is 0 Å². The first-order chi connectivity index (χ1) is 24.3. The molecule has 4 aromatic rings. The Kier molecular flexibility index (Phi) is 12.3. The number of nitrogens with zero attached hydrogens (tertiary/aromatic N) is 4. The number of rotatable bonds is 15. The molecule has 0 bridgehead atoms. The zero-order valence-electron chi connectivity index (χ0n) is 29.4. The molecule has 0 radical (unpaired) electrons. The van der Waals surface area contributed by atoms with E-state index in [4.69, 9.17) is 14.6 Å². The molecule has 3 amide bonds. The summed E-state index contributed by atoms with van der Waals surface area (Å²) in [6.45, 7) is 7.20. The number of unbranched alkanes of at least 4 members (excludes halogenated alkanes) is 2. The van der Waals surface area contributed by atoms with Crippen LogP contribution in [0.15, 0.2) is 72.8 Å². The van der Waals surface area contributed by atoms with E-state index in [0.717, 1.165) is 36.8 Å². The van der Waals surface area contributed by atoms with Gasteiger partial charge in [-0.2, -0.15) is 5.10 Å². The first-order valence-corrected chi connectivity index (χ1v) is 17.3. The Morgan fingerprint density at radius 1 is 0.940 bits per heavy atom. The van der Waals surface area contributed by atoms with Gasteiger partial charge in [-0.05, 0) is 73.7 Å². The molecule has 2 heterocycles. The van der Waals surface area contributed by atoms with Crippen LogP contribution in [0.3, 0.4) is 0 Å². The van der Waals surface area contributed by atoms with Crippen LogP contribution >= 0.6 is 0 Å². The Hall–Kier alpha value is -5.16. The zero-order chi connectivity index (χ0) is 35.6. The summed E-state index contributed by atoms with van der Waals surface area (Å²) in [5.41, 5.74) is 4.21. The molecule has 0 spiro atoms. The Bertz CT molecular complexity index is 1800. The highest BCUT2D eigenvalue weighted by atomic mass is 16.5. The minimum atomic E-state index is -0.443. The fourth-order valence-electron chi connectivity index (χ4n) is 6.15. The number of aryl methyl sites for hydroxylation is 1. The maximum atomic E-state index is 14.5. The number of methoxy groups -OCH3 is 1. The summed E-state index contributed by atoms with van der Waals surface area (Å²) >= 11 is 0. The maximum Gasteiger partial charge on any atom is 0.274 e. The smallest absolute Gasteiger partial charge is 0.274 e. The Balaban J connectivity index is 1.47. The average molecular weight is 682 g/mol. The maximum absolute atomic E-state index is 14.5. The number of aromatic nitrogens is 2. The summed E-state index contributed by atoms with van der Waals surface area (Å²) in [6.07, 6.45) is 4.25. The number of aliphatic hydroxyl groups is 1. The molecule has 0 saturated heterocycles. The van der Waals surface area contributed by atoms with Gasteiger partial charge in [-0.25, -0.2) is 4.68 Å². The molecule has 0 aliphatic carbocycles. The van der Waals surface area contributed by atoms with Crippen LogP contribution in [0.5, 0.6) is 11.5 Å². The molecule has 1 aliphatic heterocycles. The monoisotopic (exact) mass is 681 g/mol. The zero-order valence-corrected chi connectivity index (χ0v) is 29.4. The van der Waals surface area contributed by atoms with Crippen molar-refractivity contribution in [3.05, 3.63) is 101 Å². The minimum Gasteiger partial charge on any atom is -0.497 e. The largest absolute Gasteiger partial charge is 0.497 e. The van der Waals surface area contributed by atoms with Crippen LogP contribution in [0, 0.1) is 6.92 Å². The molecule has 264 valence electrons. The van der Waals surface area contributed by atoms with E-state index in [1.807, 2.05) is 36.1 Å². The third-order valence-corrected chi connectivity index (χ3v) is 8.93. The van der Waals surface area contributed by atoms with Crippen LogP contribution < -0.4 is 14.8 Å². The Morgan fingerprint density at radius 3 is 2.36 bits per heavy atom. The summed E-state index contributed by atoms with van der Waals surface area (Å²) in [4.78, 5) is 44.7. The lowest BCUT2D eigenvalue weighted by Gasteiger charge is -2.36. The van der Waals surface area contributed by atoms with Crippen LogP contribution in [-0.2, 0) is 17.8 Å². The quantitative estimate of drug-likeness (QED) is 0.162. The molecular weight excluding hydrogens is 634 g/mol. The predicted molar refractivity (Wildman–Crippen MR) is 192 cm³/mol. The first-order valence-electron chi connectivity index (χ1n) is 17.3. The summed E-state index contributed by atoms with van der Waals surface area (Å²) in [5.74, 6) is 0.203. The minimum absolute atomic E-state index is 0.144. The predicted octanol–water partition coefficient (Wildman–Crippen LogP) is 5.81. The number of fused-ring (bicyclic) bond motifs is 1. The van der Waals surface area contributed by atoms with Gasteiger partial charge in [-0.1, -0.05) is 57.0 Å². The lowest BCUT2D eigenvalue weighted by atomic mass is 9.93. The third kappa shape index (κ3) is 8.52. The van der Waals surface area contributed by atoms with Crippen molar-refractivity contribution in [1.82, 2.24) is 19.6 Å². The van der Waals surface area contributed by atoms with Crippen molar-refractivity contribution in [2.24, 2.45) is 0 Å². The van der Waals surface area contributed by atoms with Crippen molar-refractivity contribution in [3.63, 3.8) is 0 Å². The average Bonchev–Trinajstić information content (AvgIpc) is 3.53. The van der Waals surface area contributed by atoms with Crippen LogP contribution in [0.25, 0.3) is 5.69 Å². The van der Waals surface area contributed by atoms with Crippen LogP contribution in [0.2, 0.25) is 0 Å². The topological polar surface area (TPSA) is 126 Å². The summed E-state index contributed by atoms with van der Waals surface area (Å²) in [5, 5.41) is 18.0. The van der Waals surface area contributed by atoms with Gasteiger partial charge in [0.25, 0.3) is 17.7 Å². The number of anilines is 1. The summed E-state index contributed by atoms with van der Waals surface area (Å²) in [6, 6.07) is 21.2. The standard InChI is InChI=1S/C39H47N5O6/c1-5-7-18-42(19-8-6-2)39(48)35-20-27(3)44(41-35)36-17-16-30(40-37(46)26-50-33-15-11-14-32(23-33)49-4)22-34(36)38(47)43-24-29-13-10-9-12-28(29)21-31(43)25-45/h9-17,20,22-23,31,45H,5-8,18-19,21,24-26H2,1-4H3,(H,40,46)/t31-/m0/s1. The van der Waals surface area contributed by atoms with Gasteiger partial charge in [0.2, 0.25) is 0 Å². The number of aliphatic hydroxyl groups excluding tert-OH is 1. The third-order valence-electron chi connectivity index (χ3n) is 8.93. The van der Waals surface area contributed by atoms with E-state index in [0.29, 0.717) is 60.3 Å². The second kappa shape index (κ2) is 17.0. The number of benzene rings is 3. The molecule has 0 saturated carbocycles. The van der Waals surface area contributed by atoms with E-state index in [2.05, 4.69) is 19.2 Å². The van der Waals surface area contributed by atoms with Crippen LogP contribution in [-0.4, -0.2) is 81.9 Å². The lowest BCUT2D eigenvalue weighted by molar-refractivity contribution is -0.118. The first kappa shape index (κ1) is 36.1. The van der Waals surface area contributed by atoms with Crippen molar-refractivity contribution in [3.8, 4) is 17.2 Å². The van der Waals surface area contributed by atoms with Crippen molar-refractivity contribution in [2.75, 3.05) is 38.7 Å². The molecule has 5 rings (SSSR count). The molecule has 0 unspecified atom stereocenters. The fourth-order valence-corrected chi connectivity index (χ4v) is 6.15. The highest BCUT2D eigenvalue weighted by Crippen LogP contribution is 2.29. The number of carbonyl (C=O) groups is 3. The van der Waals surface area contributed by atoms with Gasteiger partial charge < -0.3 is 29.7 Å². The van der Waals surface area contributed by atoms with Crippen molar-refractivity contribution in [2.45, 2.75) is 65.5 Å². The van der Waals surface area contributed by atoms with Gasteiger partial charge in [0, 0.05) is 37.1 Å². The van der Waals surface area contributed by atoms with E-state index >= 15 is 0 Å². The van der Waals surface area contributed by atoms with Gasteiger partial charge >= 0.3 is 0 Å². The second-order valence-corrected chi connectivity index (χ2v) is 12.6. The number of nitrogens with one attached hydrogen (secondary N) is 1. The van der Waals surface area contributed by atoms with E-state index in [-0.39, 0.29) is 30.6 Å². The van der Waals surface area contributed by atoms with Gasteiger partial charge in [-0.3, -0.25) is 14.4 Å². The van der Waals surface area contributed by atoms with E-state index in [1.54, 1.807) is 65.2 Å². The highest BCUT2D eigenvalue weighted by molar-refractivity contribution is 6.01. The molecular formula is C39H47N5O6. The van der Waals surface area contributed by atoms with Crippen molar-refractivity contribution >= 4 is 23.4 Å². The van der Waals surface area contributed by atoms with E-state index < -0.39 is 11.9 Å². The fraction of sp³-hybridized carbons (Fsp3) is 0.385. The Morgan fingerprint density at radius 2 is 1.66 bits per heavy atom. The number of hydrogen-bond acceptors (Lipinski definition) is 7.